The third-order valence-corrected chi connectivity index (χ3v) is 4.80. The lowest BCUT2D eigenvalue weighted by molar-refractivity contribution is 0.0886. The van der Waals surface area contributed by atoms with Crippen LogP contribution in [-0.4, -0.2) is 37.3 Å². The number of hydrogen-bond donors (Lipinski definition) is 1. The first-order chi connectivity index (χ1) is 13.6. The summed E-state index contributed by atoms with van der Waals surface area (Å²) in [6, 6.07) is 10.8. The molecule has 0 atom stereocenters. The standard InChI is InChI=1S/C21H23N3O4/c1-26-18-4-3-5-19(20(18)27-2)28-16-9-7-15(8-10-16)24-21(25)17-11-6-14(12-22)13-23-17/h3-6,11,13,15-16H,7-10H2,1-2H3,(H,24,25). The minimum atomic E-state index is -0.219. The molecule has 1 aliphatic rings. The van der Waals surface area contributed by atoms with Crippen LogP contribution in [-0.2, 0) is 0 Å². The normalized spacial score (nSPS) is 18.6. The summed E-state index contributed by atoms with van der Waals surface area (Å²) in [5, 5.41) is 11.8. The summed E-state index contributed by atoms with van der Waals surface area (Å²) in [6.45, 7) is 0. The first kappa shape index (κ1) is 19.5. The number of carbonyl (C=O) groups excluding carboxylic acids is 1. The monoisotopic (exact) mass is 381 g/mol. The topological polar surface area (TPSA) is 93.5 Å². The van der Waals surface area contributed by atoms with Crippen molar-refractivity contribution in [1.82, 2.24) is 10.3 Å². The fourth-order valence-corrected chi connectivity index (χ4v) is 3.31. The van der Waals surface area contributed by atoms with Crippen LogP contribution in [0.3, 0.4) is 0 Å². The average Bonchev–Trinajstić information content (AvgIpc) is 2.74. The first-order valence-corrected chi connectivity index (χ1v) is 9.19. The van der Waals surface area contributed by atoms with Gasteiger partial charge in [-0.2, -0.15) is 5.26 Å². The van der Waals surface area contributed by atoms with Crippen molar-refractivity contribution in [2.24, 2.45) is 0 Å². The zero-order valence-electron chi connectivity index (χ0n) is 16.0. The van der Waals surface area contributed by atoms with Crippen LogP contribution in [0, 0.1) is 11.3 Å². The van der Waals surface area contributed by atoms with E-state index in [-0.39, 0.29) is 18.1 Å². The third-order valence-electron chi connectivity index (χ3n) is 4.80. The van der Waals surface area contributed by atoms with Gasteiger partial charge in [-0.1, -0.05) is 6.07 Å². The highest BCUT2D eigenvalue weighted by Crippen LogP contribution is 2.38. The van der Waals surface area contributed by atoms with Gasteiger partial charge in [0.25, 0.3) is 5.91 Å². The molecule has 0 aliphatic heterocycles. The number of methoxy groups -OCH3 is 2. The molecule has 0 bridgehead atoms. The molecule has 1 aromatic heterocycles. The van der Waals surface area contributed by atoms with Crippen molar-refractivity contribution < 1.29 is 19.0 Å². The lowest BCUT2D eigenvalue weighted by atomic mass is 9.92. The van der Waals surface area contributed by atoms with Gasteiger partial charge in [-0.05, 0) is 49.9 Å². The van der Waals surface area contributed by atoms with E-state index in [1.165, 1.54) is 6.20 Å². The lowest BCUT2D eigenvalue weighted by Gasteiger charge is -2.30. The second kappa shape index (κ2) is 9.09. The number of benzene rings is 1. The van der Waals surface area contributed by atoms with Gasteiger partial charge in [-0.15, -0.1) is 0 Å². The zero-order valence-corrected chi connectivity index (χ0v) is 16.0. The van der Waals surface area contributed by atoms with E-state index in [0.717, 1.165) is 25.7 Å². The van der Waals surface area contributed by atoms with Gasteiger partial charge in [0, 0.05) is 12.2 Å². The molecular weight excluding hydrogens is 358 g/mol. The molecule has 1 fully saturated rings. The fourth-order valence-electron chi connectivity index (χ4n) is 3.31. The Bertz CT molecular complexity index is 853. The number of ether oxygens (including phenoxy) is 3. The number of nitrogens with zero attached hydrogens (tertiary/aromatic N) is 2. The summed E-state index contributed by atoms with van der Waals surface area (Å²) in [5.74, 6) is 1.67. The number of nitrogens with one attached hydrogen (secondary N) is 1. The molecule has 1 N–H and O–H groups in total. The van der Waals surface area contributed by atoms with E-state index in [4.69, 9.17) is 19.5 Å². The van der Waals surface area contributed by atoms with Crippen LogP contribution >= 0.6 is 0 Å². The van der Waals surface area contributed by atoms with Crippen molar-refractivity contribution in [2.75, 3.05) is 14.2 Å². The summed E-state index contributed by atoms with van der Waals surface area (Å²) < 4.78 is 16.8. The summed E-state index contributed by atoms with van der Waals surface area (Å²) in [4.78, 5) is 16.4. The highest BCUT2D eigenvalue weighted by atomic mass is 16.5. The zero-order chi connectivity index (χ0) is 19.9. The summed E-state index contributed by atoms with van der Waals surface area (Å²) in [7, 11) is 3.19. The Morgan fingerprint density at radius 3 is 2.46 bits per heavy atom. The Balaban J connectivity index is 1.53. The highest BCUT2D eigenvalue weighted by molar-refractivity contribution is 5.92. The minimum Gasteiger partial charge on any atom is -0.493 e. The smallest absolute Gasteiger partial charge is 0.270 e. The van der Waals surface area contributed by atoms with E-state index >= 15 is 0 Å². The van der Waals surface area contributed by atoms with Gasteiger partial charge in [0.15, 0.2) is 11.5 Å². The maximum atomic E-state index is 12.3. The second-order valence-electron chi connectivity index (χ2n) is 6.60. The van der Waals surface area contributed by atoms with Crippen LogP contribution in [0.1, 0.15) is 41.7 Å². The van der Waals surface area contributed by atoms with E-state index in [0.29, 0.717) is 28.5 Å². The molecule has 1 heterocycles. The number of para-hydroxylation sites is 1. The predicted molar refractivity (Wildman–Crippen MR) is 103 cm³/mol. The van der Waals surface area contributed by atoms with Gasteiger partial charge in [0.05, 0.1) is 25.9 Å². The number of amides is 1. The van der Waals surface area contributed by atoms with Crippen molar-refractivity contribution in [3.63, 3.8) is 0 Å². The van der Waals surface area contributed by atoms with Gasteiger partial charge >= 0.3 is 0 Å². The molecule has 1 amide bonds. The largest absolute Gasteiger partial charge is 0.493 e. The van der Waals surface area contributed by atoms with Crippen LogP contribution in [0.2, 0.25) is 0 Å². The molecule has 1 saturated carbocycles. The Labute approximate surface area is 164 Å². The first-order valence-electron chi connectivity index (χ1n) is 9.19. The molecule has 0 unspecified atom stereocenters. The SMILES string of the molecule is COc1cccc(OC2CCC(NC(=O)c3ccc(C#N)cn3)CC2)c1OC. The summed E-state index contributed by atoms with van der Waals surface area (Å²) in [6.07, 6.45) is 4.75. The number of pyridine rings is 1. The molecule has 28 heavy (non-hydrogen) atoms. The van der Waals surface area contributed by atoms with Crippen molar-refractivity contribution in [3.8, 4) is 23.3 Å². The van der Waals surface area contributed by atoms with E-state index in [1.54, 1.807) is 26.4 Å². The molecule has 7 nitrogen and oxygen atoms in total. The van der Waals surface area contributed by atoms with Gasteiger partial charge in [-0.3, -0.25) is 4.79 Å². The number of carbonyl (C=O) groups is 1. The molecule has 146 valence electrons. The minimum absolute atomic E-state index is 0.0576. The lowest BCUT2D eigenvalue weighted by Crippen LogP contribution is -2.40. The molecule has 1 aromatic carbocycles. The predicted octanol–water partition coefficient (Wildman–Crippen LogP) is 3.09. The van der Waals surface area contributed by atoms with Gasteiger partial charge < -0.3 is 19.5 Å². The van der Waals surface area contributed by atoms with Gasteiger partial charge in [0.1, 0.15) is 11.8 Å². The molecule has 0 radical (unpaired) electrons. The van der Waals surface area contributed by atoms with E-state index in [2.05, 4.69) is 10.3 Å². The summed E-state index contributed by atoms with van der Waals surface area (Å²) >= 11 is 0. The van der Waals surface area contributed by atoms with E-state index < -0.39 is 0 Å². The van der Waals surface area contributed by atoms with Crippen LogP contribution in [0.25, 0.3) is 0 Å². The van der Waals surface area contributed by atoms with Crippen LogP contribution < -0.4 is 19.5 Å². The number of nitriles is 1. The molecule has 0 saturated heterocycles. The van der Waals surface area contributed by atoms with E-state index in [1.807, 2.05) is 24.3 Å². The molecule has 3 rings (SSSR count). The van der Waals surface area contributed by atoms with Gasteiger partial charge in [-0.25, -0.2) is 4.98 Å². The average molecular weight is 381 g/mol. The Hall–Kier alpha value is -3.27. The maximum Gasteiger partial charge on any atom is 0.270 e. The van der Waals surface area contributed by atoms with Crippen molar-refractivity contribution in [1.29, 1.82) is 5.26 Å². The second-order valence-corrected chi connectivity index (χ2v) is 6.60. The Morgan fingerprint density at radius 2 is 1.86 bits per heavy atom. The van der Waals surface area contributed by atoms with Crippen molar-refractivity contribution in [2.45, 2.75) is 37.8 Å². The van der Waals surface area contributed by atoms with E-state index in [9.17, 15) is 4.79 Å². The van der Waals surface area contributed by atoms with Crippen LogP contribution in [0.4, 0.5) is 0 Å². The molecule has 1 aliphatic carbocycles. The van der Waals surface area contributed by atoms with Crippen molar-refractivity contribution >= 4 is 5.91 Å². The molecular formula is C21H23N3O4. The highest BCUT2D eigenvalue weighted by Gasteiger charge is 2.25. The molecule has 0 spiro atoms. The fraction of sp³-hybridized carbons (Fsp3) is 0.381. The van der Waals surface area contributed by atoms with Crippen LogP contribution in [0.5, 0.6) is 17.2 Å². The molecule has 7 heteroatoms. The van der Waals surface area contributed by atoms with Crippen molar-refractivity contribution in [3.05, 3.63) is 47.8 Å². The number of aromatic nitrogens is 1. The number of hydrogen-bond acceptors (Lipinski definition) is 6. The summed E-state index contributed by atoms with van der Waals surface area (Å²) in [5.41, 5.74) is 0.751. The maximum absolute atomic E-state index is 12.3. The van der Waals surface area contributed by atoms with Gasteiger partial charge in [0.2, 0.25) is 5.75 Å². The molecule has 2 aromatic rings. The quantitative estimate of drug-likeness (QED) is 0.826. The number of rotatable bonds is 6. The Kier molecular flexibility index (Phi) is 6.33. The Morgan fingerprint density at radius 1 is 1.11 bits per heavy atom. The van der Waals surface area contributed by atoms with Crippen LogP contribution in [0.15, 0.2) is 36.5 Å². The third kappa shape index (κ3) is 4.52.